The molecule has 4 nitrogen and oxygen atoms in total. The van der Waals surface area contributed by atoms with Crippen molar-refractivity contribution in [3.63, 3.8) is 0 Å². The molecular weight excluding hydrogens is 245 g/mol. The molecule has 102 valence electrons. The van der Waals surface area contributed by atoms with Crippen LogP contribution in [0.5, 0.6) is 0 Å². The Balaban J connectivity index is 1.98. The van der Waals surface area contributed by atoms with Crippen molar-refractivity contribution in [2.75, 3.05) is 0 Å². The van der Waals surface area contributed by atoms with E-state index in [-0.39, 0.29) is 11.9 Å². The number of nitrogens with two attached hydrogens (primary N) is 1. The molecule has 0 spiro atoms. The number of hydrogen-bond donors (Lipinski definition) is 1. The lowest BCUT2D eigenvalue weighted by Gasteiger charge is -2.03. The first-order chi connectivity index (χ1) is 9.19. The molecule has 0 aliphatic heterocycles. The van der Waals surface area contributed by atoms with Crippen molar-refractivity contribution >= 4 is 0 Å². The van der Waals surface area contributed by atoms with E-state index in [1.54, 1.807) is 12.1 Å². The largest absolute Gasteiger partial charge is 0.338 e. The van der Waals surface area contributed by atoms with Gasteiger partial charge in [-0.25, -0.2) is 4.39 Å². The summed E-state index contributed by atoms with van der Waals surface area (Å²) in [5.74, 6) is 0.804. The Hall–Kier alpha value is -1.75. The molecule has 0 aliphatic carbocycles. The fourth-order valence-electron chi connectivity index (χ4n) is 1.82. The lowest BCUT2D eigenvalue weighted by atomic mass is 10.1. The molecule has 0 amide bonds. The average molecular weight is 263 g/mol. The summed E-state index contributed by atoms with van der Waals surface area (Å²) in [6, 6.07) is 6.06. The maximum Gasteiger partial charge on any atom is 0.243 e. The van der Waals surface area contributed by atoms with E-state index in [0.717, 1.165) is 24.8 Å². The SMILES string of the molecule is CCCC[C@H](N)c1nc(Cc2ccc(F)cc2)no1. The Labute approximate surface area is 111 Å². The highest BCUT2D eigenvalue weighted by Gasteiger charge is 2.14. The number of hydrogen-bond acceptors (Lipinski definition) is 4. The molecule has 0 saturated carbocycles. The predicted molar refractivity (Wildman–Crippen MR) is 70.0 cm³/mol. The van der Waals surface area contributed by atoms with Crippen molar-refractivity contribution in [2.24, 2.45) is 5.73 Å². The molecule has 0 unspecified atom stereocenters. The smallest absolute Gasteiger partial charge is 0.243 e. The molecule has 1 heterocycles. The highest BCUT2D eigenvalue weighted by molar-refractivity contribution is 5.19. The van der Waals surface area contributed by atoms with Crippen LogP contribution in [0.15, 0.2) is 28.8 Å². The second-order valence-corrected chi connectivity index (χ2v) is 4.60. The summed E-state index contributed by atoms with van der Waals surface area (Å²) in [4.78, 5) is 4.28. The molecule has 0 fully saturated rings. The maximum atomic E-state index is 12.8. The standard InChI is InChI=1S/C14H18FN3O/c1-2-3-4-12(16)14-17-13(18-19-14)9-10-5-7-11(15)8-6-10/h5-8,12H,2-4,9,16H2,1H3/t12-/m0/s1. The van der Waals surface area contributed by atoms with Crippen molar-refractivity contribution < 1.29 is 8.91 Å². The summed E-state index contributed by atoms with van der Waals surface area (Å²) in [5.41, 5.74) is 6.90. The summed E-state index contributed by atoms with van der Waals surface area (Å²) >= 11 is 0. The van der Waals surface area contributed by atoms with Crippen LogP contribution in [-0.2, 0) is 6.42 Å². The minimum atomic E-state index is -0.251. The highest BCUT2D eigenvalue weighted by Crippen LogP contribution is 2.16. The quantitative estimate of drug-likeness (QED) is 0.870. The topological polar surface area (TPSA) is 64.9 Å². The van der Waals surface area contributed by atoms with Crippen LogP contribution in [0.2, 0.25) is 0 Å². The van der Waals surface area contributed by atoms with E-state index in [1.165, 1.54) is 12.1 Å². The van der Waals surface area contributed by atoms with Gasteiger partial charge in [-0.3, -0.25) is 0 Å². The number of aromatic nitrogens is 2. The number of unbranched alkanes of at least 4 members (excludes halogenated alkanes) is 1. The molecule has 19 heavy (non-hydrogen) atoms. The van der Waals surface area contributed by atoms with E-state index in [2.05, 4.69) is 17.1 Å². The van der Waals surface area contributed by atoms with Crippen LogP contribution in [0.1, 0.15) is 49.5 Å². The van der Waals surface area contributed by atoms with Crippen LogP contribution in [0, 0.1) is 5.82 Å². The predicted octanol–water partition coefficient (Wildman–Crippen LogP) is 2.99. The van der Waals surface area contributed by atoms with E-state index >= 15 is 0 Å². The number of rotatable bonds is 6. The lowest BCUT2D eigenvalue weighted by molar-refractivity contribution is 0.343. The summed E-state index contributed by atoms with van der Waals surface area (Å²) in [7, 11) is 0. The molecule has 0 aliphatic rings. The molecule has 0 saturated heterocycles. The summed E-state index contributed by atoms with van der Waals surface area (Å²) in [6.07, 6.45) is 3.49. The van der Waals surface area contributed by atoms with Gasteiger partial charge in [-0.15, -0.1) is 0 Å². The van der Waals surface area contributed by atoms with Gasteiger partial charge in [0.2, 0.25) is 5.89 Å². The Morgan fingerprint density at radius 2 is 2.05 bits per heavy atom. The van der Waals surface area contributed by atoms with Crippen molar-refractivity contribution in [1.29, 1.82) is 0 Å². The van der Waals surface area contributed by atoms with E-state index in [4.69, 9.17) is 10.3 Å². The molecule has 2 rings (SSSR count). The van der Waals surface area contributed by atoms with Gasteiger partial charge in [0.05, 0.1) is 6.04 Å². The van der Waals surface area contributed by atoms with Crippen molar-refractivity contribution in [3.8, 4) is 0 Å². The Morgan fingerprint density at radius 1 is 1.32 bits per heavy atom. The summed E-state index contributed by atoms with van der Waals surface area (Å²) in [5, 5.41) is 3.90. The maximum absolute atomic E-state index is 12.8. The zero-order valence-corrected chi connectivity index (χ0v) is 11.0. The van der Waals surface area contributed by atoms with Crippen LogP contribution < -0.4 is 5.73 Å². The third-order valence-corrected chi connectivity index (χ3v) is 2.95. The van der Waals surface area contributed by atoms with Crippen LogP contribution >= 0.6 is 0 Å². The van der Waals surface area contributed by atoms with Gasteiger partial charge in [-0.1, -0.05) is 37.1 Å². The molecule has 5 heteroatoms. The monoisotopic (exact) mass is 263 g/mol. The summed E-state index contributed by atoms with van der Waals surface area (Å²) < 4.78 is 17.9. The number of benzene rings is 1. The van der Waals surface area contributed by atoms with Crippen molar-refractivity contribution in [2.45, 2.75) is 38.6 Å². The lowest BCUT2D eigenvalue weighted by Crippen LogP contribution is -2.10. The molecule has 2 aromatic rings. The molecule has 1 atom stereocenters. The van der Waals surface area contributed by atoms with Crippen LogP contribution in [0.25, 0.3) is 0 Å². The van der Waals surface area contributed by atoms with Crippen molar-refractivity contribution in [3.05, 3.63) is 47.4 Å². The first-order valence-corrected chi connectivity index (χ1v) is 6.51. The Bertz CT molecular complexity index is 510. The van der Waals surface area contributed by atoms with E-state index in [1.807, 2.05) is 0 Å². The van der Waals surface area contributed by atoms with Crippen molar-refractivity contribution in [1.82, 2.24) is 10.1 Å². The number of nitrogens with zero attached hydrogens (tertiary/aromatic N) is 2. The van der Waals surface area contributed by atoms with Gasteiger partial charge < -0.3 is 10.3 Å². The van der Waals surface area contributed by atoms with Gasteiger partial charge in [0, 0.05) is 6.42 Å². The van der Waals surface area contributed by atoms with Gasteiger partial charge >= 0.3 is 0 Å². The molecule has 0 bridgehead atoms. The third kappa shape index (κ3) is 3.86. The van der Waals surface area contributed by atoms with Crippen LogP contribution in [0.3, 0.4) is 0 Å². The average Bonchev–Trinajstić information content (AvgIpc) is 2.87. The van der Waals surface area contributed by atoms with Gasteiger partial charge in [0.1, 0.15) is 5.82 Å². The first kappa shape index (κ1) is 13.7. The minimum Gasteiger partial charge on any atom is -0.338 e. The zero-order valence-electron chi connectivity index (χ0n) is 11.0. The van der Waals surface area contributed by atoms with Crippen LogP contribution in [-0.4, -0.2) is 10.1 Å². The molecular formula is C14H18FN3O. The van der Waals surface area contributed by atoms with Gasteiger partial charge in [0.15, 0.2) is 5.82 Å². The normalized spacial score (nSPS) is 12.6. The van der Waals surface area contributed by atoms with Gasteiger partial charge in [0.25, 0.3) is 0 Å². The fraction of sp³-hybridized carbons (Fsp3) is 0.429. The second-order valence-electron chi connectivity index (χ2n) is 4.60. The summed E-state index contributed by atoms with van der Waals surface area (Å²) in [6.45, 7) is 2.11. The Morgan fingerprint density at radius 3 is 2.74 bits per heavy atom. The van der Waals surface area contributed by atoms with Gasteiger partial charge in [-0.2, -0.15) is 4.98 Å². The molecule has 1 aromatic carbocycles. The molecule has 0 radical (unpaired) electrons. The van der Waals surface area contributed by atoms with E-state index < -0.39 is 0 Å². The third-order valence-electron chi connectivity index (χ3n) is 2.95. The minimum absolute atomic E-state index is 0.200. The first-order valence-electron chi connectivity index (χ1n) is 6.51. The van der Waals surface area contributed by atoms with Gasteiger partial charge in [-0.05, 0) is 24.1 Å². The molecule has 1 aromatic heterocycles. The highest BCUT2D eigenvalue weighted by atomic mass is 19.1. The molecule has 2 N–H and O–H groups in total. The fourth-order valence-corrected chi connectivity index (χ4v) is 1.82. The number of halogens is 1. The van der Waals surface area contributed by atoms with Crippen LogP contribution in [0.4, 0.5) is 4.39 Å². The Kier molecular flexibility index (Phi) is 4.63. The van der Waals surface area contributed by atoms with E-state index in [9.17, 15) is 4.39 Å². The second kappa shape index (κ2) is 6.43. The van der Waals surface area contributed by atoms with E-state index in [0.29, 0.717) is 18.1 Å². The zero-order chi connectivity index (χ0) is 13.7.